The van der Waals surface area contributed by atoms with Gasteiger partial charge in [-0.05, 0) is 72.5 Å². The highest BCUT2D eigenvalue weighted by Gasteiger charge is 2.30. The number of rotatable bonds is 9. The summed E-state index contributed by atoms with van der Waals surface area (Å²) in [6.45, 7) is 2.94. The molecule has 1 heterocycles. The highest BCUT2D eigenvalue weighted by atomic mass is 16.5. The molecule has 4 aromatic rings. The molecular formula is C34H32N2O5. The average Bonchev–Trinajstić information content (AvgIpc) is 2.99. The number of nitrogens with one attached hydrogen (secondary N) is 1. The van der Waals surface area contributed by atoms with Crippen LogP contribution in [0.1, 0.15) is 32.6 Å². The van der Waals surface area contributed by atoms with Crippen LogP contribution < -0.4 is 24.4 Å². The Morgan fingerprint density at radius 3 is 2.41 bits per heavy atom. The van der Waals surface area contributed by atoms with Crippen LogP contribution in [0.4, 0.5) is 5.69 Å². The summed E-state index contributed by atoms with van der Waals surface area (Å²) in [5.41, 5.74) is 5.22. The molecule has 0 fully saturated rings. The zero-order valence-corrected chi connectivity index (χ0v) is 23.3. The van der Waals surface area contributed by atoms with E-state index in [4.69, 9.17) is 14.2 Å². The van der Waals surface area contributed by atoms with E-state index in [2.05, 4.69) is 11.4 Å². The van der Waals surface area contributed by atoms with Crippen molar-refractivity contribution in [1.82, 2.24) is 5.32 Å². The van der Waals surface area contributed by atoms with Gasteiger partial charge in [0.05, 0.1) is 26.5 Å². The summed E-state index contributed by atoms with van der Waals surface area (Å²) in [5.74, 6) is 1.78. The second-order valence-corrected chi connectivity index (χ2v) is 9.78. The summed E-state index contributed by atoms with van der Waals surface area (Å²) >= 11 is 0. The van der Waals surface area contributed by atoms with Gasteiger partial charge >= 0.3 is 0 Å². The molecule has 7 nitrogen and oxygen atoms in total. The van der Waals surface area contributed by atoms with Gasteiger partial charge in [-0.2, -0.15) is 0 Å². The van der Waals surface area contributed by atoms with Crippen molar-refractivity contribution >= 4 is 23.6 Å². The molecule has 0 unspecified atom stereocenters. The van der Waals surface area contributed by atoms with Crippen molar-refractivity contribution in [2.24, 2.45) is 0 Å². The molecular weight excluding hydrogens is 516 g/mol. The second kappa shape index (κ2) is 12.4. The normalized spacial score (nSPS) is 13.4. The van der Waals surface area contributed by atoms with Crippen molar-refractivity contribution in [3.63, 3.8) is 0 Å². The Morgan fingerprint density at radius 1 is 0.878 bits per heavy atom. The van der Waals surface area contributed by atoms with Crippen LogP contribution in [0.3, 0.4) is 0 Å². The number of fused-ring (bicyclic) bond motifs is 1. The molecule has 0 bridgehead atoms. The number of anilines is 1. The van der Waals surface area contributed by atoms with Crippen molar-refractivity contribution in [2.75, 3.05) is 25.7 Å². The number of ether oxygens (including phenoxy) is 3. The number of para-hydroxylation sites is 2. The van der Waals surface area contributed by atoms with E-state index in [1.165, 1.54) is 0 Å². The second-order valence-electron chi connectivity index (χ2n) is 9.78. The first kappa shape index (κ1) is 27.5. The first-order chi connectivity index (χ1) is 19.9. The summed E-state index contributed by atoms with van der Waals surface area (Å²) in [5, 5.41) is 2.95. The fourth-order valence-corrected chi connectivity index (χ4v) is 4.75. The molecule has 2 amide bonds. The number of amides is 2. The van der Waals surface area contributed by atoms with Crippen LogP contribution in [0.25, 0.3) is 6.08 Å². The van der Waals surface area contributed by atoms with Gasteiger partial charge in [-0.3, -0.25) is 14.5 Å². The van der Waals surface area contributed by atoms with E-state index in [-0.39, 0.29) is 17.6 Å². The molecule has 0 radical (unpaired) electrons. The SMILES string of the molecule is COc1ccc(CCNC(=O)c2ccc(C=C3Oc4ccccc4N(Cc4cccc(C)c4)C3=O)cc2)cc1OC. The maximum atomic E-state index is 13.5. The number of benzene rings is 4. The molecule has 208 valence electrons. The Balaban J connectivity index is 1.26. The predicted molar refractivity (Wildman–Crippen MR) is 159 cm³/mol. The number of hydrogen-bond donors (Lipinski definition) is 1. The van der Waals surface area contributed by atoms with Gasteiger partial charge in [-0.25, -0.2) is 0 Å². The van der Waals surface area contributed by atoms with Crippen molar-refractivity contribution in [2.45, 2.75) is 19.9 Å². The van der Waals surface area contributed by atoms with Crippen molar-refractivity contribution in [1.29, 1.82) is 0 Å². The van der Waals surface area contributed by atoms with Gasteiger partial charge in [0.25, 0.3) is 11.8 Å². The van der Waals surface area contributed by atoms with Crippen molar-refractivity contribution in [3.8, 4) is 17.2 Å². The number of nitrogens with zero attached hydrogens (tertiary/aromatic N) is 1. The number of methoxy groups -OCH3 is 2. The largest absolute Gasteiger partial charge is 0.493 e. The Hall–Kier alpha value is -5.04. The van der Waals surface area contributed by atoms with Crippen LogP contribution in [-0.4, -0.2) is 32.6 Å². The lowest BCUT2D eigenvalue weighted by Gasteiger charge is -2.30. The van der Waals surface area contributed by atoms with Crippen LogP contribution in [0.2, 0.25) is 0 Å². The fraction of sp³-hybridized carbons (Fsp3) is 0.176. The third-order valence-corrected chi connectivity index (χ3v) is 6.87. The van der Waals surface area contributed by atoms with E-state index in [0.717, 1.165) is 27.9 Å². The minimum Gasteiger partial charge on any atom is -0.493 e. The molecule has 1 N–H and O–H groups in total. The van der Waals surface area contributed by atoms with Crippen LogP contribution in [0.5, 0.6) is 17.2 Å². The van der Waals surface area contributed by atoms with Crippen molar-refractivity contribution in [3.05, 3.63) is 125 Å². The molecule has 4 aromatic carbocycles. The third kappa shape index (κ3) is 6.41. The van der Waals surface area contributed by atoms with Gasteiger partial charge in [0.1, 0.15) is 0 Å². The smallest absolute Gasteiger partial charge is 0.294 e. The van der Waals surface area contributed by atoms with E-state index < -0.39 is 0 Å². The van der Waals surface area contributed by atoms with Gasteiger partial charge in [0, 0.05) is 12.1 Å². The summed E-state index contributed by atoms with van der Waals surface area (Å²) < 4.78 is 16.6. The quantitative estimate of drug-likeness (QED) is 0.262. The number of aryl methyl sites for hydroxylation is 1. The Bertz CT molecular complexity index is 1590. The van der Waals surface area contributed by atoms with Gasteiger partial charge in [-0.15, -0.1) is 0 Å². The molecule has 0 saturated heterocycles. The Labute approximate surface area is 240 Å². The number of hydrogen-bond acceptors (Lipinski definition) is 5. The number of carbonyl (C=O) groups is 2. The maximum absolute atomic E-state index is 13.5. The Morgan fingerprint density at radius 2 is 1.66 bits per heavy atom. The van der Waals surface area contributed by atoms with Gasteiger partial charge in [-0.1, -0.05) is 60.2 Å². The molecule has 0 saturated carbocycles. The van der Waals surface area contributed by atoms with Crippen LogP contribution in [0.15, 0.2) is 96.8 Å². The minimum atomic E-state index is -0.220. The molecule has 5 rings (SSSR count). The predicted octanol–water partition coefficient (Wildman–Crippen LogP) is 5.95. The van der Waals surface area contributed by atoms with Crippen LogP contribution in [-0.2, 0) is 17.8 Å². The summed E-state index contributed by atoms with van der Waals surface area (Å²) in [4.78, 5) is 28.0. The highest BCUT2D eigenvalue weighted by molar-refractivity contribution is 6.09. The first-order valence-corrected chi connectivity index (χ1v) is 13.4. The lowest BCUT2D eigenvalue weighted by molar-refractivity contribution is -0.117. The molecule has 0 aromatic heterocycles. The van der Waals surface area contributed by atoms with E-state index in [1.54, 1.807) is 49.5 Å². The van der Waals surface area contributed by atoms with E-state index in [9.17, 15) is 9.59 Å². The maximum Gasteiger partial charge on any atom is 0.294 e. The van der Waals surface area contributed by atoms with Crippen LogP contribution >= 0.6 is 0 Å². The van der Waals surface area contributed by atoms with E-state index in [1.807, 2.05) is 67.6 Å². The van der Waals surface area contributed by atoms with Crippen LogP contribution in [0, 0.1) is 6.92 Å². The topological polar surface area (TPSA) is 77.1 Å². The average molecular weight is 549 g/mol. The fourth-order valence-electron chi connectivity index (χ4n) is 4.75. The molecule has 0 atom stereocenters. The molecule has 7 heteroatoms. The standard InChI is InChI=1S/C34H32N2O5/c1-23-7-6-8-26(19-23)22-36-28-9-4-5-10-29(28)41-32(34(36)38)21-24-11-14-27(15-12-24)33(37)35-18-17-25-13-16-30(39-2)31(20-25)40-3/h4-16,19-21H,17-18,22H2,1-3H3,(H,35,37). The lowest BCUT2D eigenvalue weighted by atomic mass is 10.1. The molecule has 1 aliphatic rings. The zero-order chi connectivity index (χ0) is 28.8. The van der Waals surface area contributed by atoms with E-state index in [0.29, 0.717) is 42.3 Å². The molecule has 1 aliphatic heterocycles. The summed E-state index contributed by atoms with van der Waals surface area (Å²) in [7, 11) is 3.19. The highest BCUT2D eigenvalue weighted by Crippen LogP contribution is 2.36. The summed E-state index contributed by atoms with van der Waals surface area (Å²) in [6, 6.07) is 28.4. The minimum absolute atomic E-state index is 0.173. The molecule has 0 spiro atoms. The number of carbonyl (C=O) groups excluding carboxylic acids is 2. The van der Waals surface area contributed by atoms with E-state index >= 15 is 0 Å². The zero-order valence-electron chi connectivity index (χ0n) is 23.3. The Kier molecular flexibility index (Phi) is 8.34. The van der Waals surface area contributed by atoms with Gasteiger partial charge in [0.2, 0.25) is 0 Å². The van der Waals surface area contributed by atoms with Crippen molar-refractivity contribution < 1.29 is 23.8 Å². The molecule has 41 heavy (non-hydrogen) atoms. The van der Waals surface area contributed by atoms with Gasteiger partial charge in [0.15, 0.2) is 23.0 Å². The monoisotopic (exact) mass is 548 g/mol. The molecule has 0 aliphatic carbocycles. The lowest BCUT2D eigenvalue weighted by Crippen LogP contribution is -2.36. The summed E-state index contributed by atoms with van der Waals surface area (Å²) in [6.07, 6.45) is 2.36. The third-order valence-electron chi connectivity index (χ3n) is 6.87. The first-order valence-electron chi connectivity index (χ1n) is 13.4. The van der Waals surface area contributed by atoms with Gasteiger partial charge < -0.3 is 19.5 Å².